The lowest BCUT2D eigenvalue weighted by atomic mass is 9.84. The molecule has 2 aromatic carbocycles. The van der Waals surface area contributed by atoms with Crippen molar-refractivity contribution in [2.24, 2.45) is 0 Å². The Morgan fingerprint density at radius 3 is 1.30 bits per heavy atom. The van der Waals surface area contributed by atoms with Gasteiger partial charge < -0.3 is 20.4 Å². The zero-order valence-electron chi connectivity index (χ0n) is 29.3. The molecule has 3 aliphatic heterocycles. The summed E-state index contributed by atoms with van der Waals surface area (Å²) < 4.78 is 8.28. The molecular formula is C34H45N6O7. The highest BCUT2D eigenvalue weighted by Crippen LogP contribution is 2.42. The molecule has 0 aromatic heterocycles. The summed E-state index contributed by atoms with van der Waals surface area (Å²) >= 11 is 0. The summed E-state index contributed by atoms with van der Waals surface area (Å²) in [5, 5.41) is 82.6. The highest BCUT2D eigenvalue weighted by molar-refractivity contribution is 6.03. The number of amidine groups is 3. The minimum Gasteiger partial charge on any atom is -0.714 e. The topological polar surface area (TPSA) is 157 Å². The second-order valence-corrected chi connectivity index (χ2v) is 15.8. The lowest BCUT2D eigenvalue weighted by molar-refractivity contribution is -0.540. The van der Waals surface area contributed by atoms with Crippen LogP contribution >= 0.6 is 0 Å². The Morgan fingerprint density at radius 2 is 0.915 bits per heavy atom. The largest absolute Gasteiger partial charge is 0.714 e. The molecule has 0 saturated heterocycles. The molecule has 5 rings (SSSR count). The number of hydrogen-bond donors (Lipinski definition) is 0. The van der Waals surface area contributed by atoms with Crippen molar-refractivity contribution < 1.29 is 34.6 Å². The Labute approximate surface area is 276 Å². The van der Waals surface area contributed by atoms with Crippen molar-refractivity contribution in [2.75, 3.05) is 0 Å². The molecule has 13 nitrogen and oxygen atoms in total. The average Bonchev–Trinajstić information content (AvgIpc) is 3.26. The van der Waals surface area contributed by atoms with Gasteiger partial charge in [-0.1, -0.05) is 27.3 Å². The number of rotatable bonds is 6. The average molecular weight is 650 g/mol. The molecule has 253 valence electrons. The highest BCUT2D eigenvalue weighted by Gasteiger charge is 2.62. The quantitative estimate of drug-likeness (QED) is 0.325. The molecule has 2 aromatic rings. The van der Waals surface area contributed by atoms with Crippen molar-refractivity contribution in [1.82, 2.24) is 15.2 Å². The van der Waals surface area contributed by atoms with Gasteiger partial charge >= 0.3 is 17.5 Å². The van der Waals surface area contributed by atoms with Crippen molar-refractivity contribution in [3.8, 4) is 5.75 Å². The van der Waals surface area contributed by atoms with Crippen molar-refractivity contribution in [1.29, 1.82) is 0 Å². The van der Waals surface area contributed by atoms with E-state index in [0.29, 0.717) is 30.7 Å². The van der Waals surface area contributed by atoms with Gasteiger partial charge in [0, 0.05) is 15.6 Å². The summed E-state index contributed by atoms with van der Waals surface area (Å²) in [4.78, 5) is 0. The maximum absolute atomic E-state index is 13.7. The fraction of sp³-hybridized carbons (Fsp3) is 0.559. The number of nitrogens with zero attached hydrogens (tertiary/aromatic N) is 6. The van der Waals surface area contributed by atoms with Crippen LogP contribution in [0.1, 0.15) is 105 Å². The number of hydroxylamine groups is 9. The van der Waals surface area contributed by atoms with Crippen LogP contribution in [0.5, 0.6) is 5.75 Å². The number of ether oxygens (including phenoxy) is 1. The van der Waals surface area contributed by atoms with Crippen LogP contribution < -0.4 is 4.74 Å². The first-order valence-corrected chi connectivity index (χ1v) is 15.7. The van der Waals surface area contributed by atoms with Gasteiger partial charge in [0.15, 0.2) is 16.6 Å². The third-order valence-electron chi connectivity index (χ3n) is 11.8. The third-order valence-corrected chi connectivity index (χ3v) is 11.8. The molecule has 0 spiro atoms. The molecule has 0 atom stereocenters. The molecule has 0 fully saturated rings. The van der Waals surface area contributed by atoms with Crippen molar-refractivity contribution in [3.63, 3.8) is 0 Å². The number of hydrogen-bond acceptors (Lipinski definition) is 7. The van der Waals surface area contributed by atoms with Gasteiger partial charge in [-0.25, -0.2) is 0 Å². The summed E-state index contributed by atoms with van der Waals surface area (Å²) in [5.74, 6) is -0.116. The molecule has 3 radical (unpaired) electrons. The van der Waals surface area contributed by atoms with Crippen LogP contribution in [0.3, 0.4) is 0 Å². The molecule has 0 amide bonds. The Kier molecular flexibility index (Phi) is 7.45. The summed E-state index contributed by atoms with van der Waals surface area (Å²) in [7, 11) is 0. The first kappa shape index (κ1) is 34.3. The second kappa shape index (κ2) is 10.2. The lowest BCUT2D eigenvalue weighted by Crippen LogP contribution is -2.53. The van der Waals surface area contributed by atoms with Gasteiger partial charge in [-0.2, -0.15) is 0 Å². The maximum atomic E-state index is 13.7. The van der Waals surface area contributed by atoms with Crippen molar-refractivity contribution >= 4 is 17.5 Å². The van der Waals surface area contributed by atoms with E-state index in [1.54, 1.807) is 119 Å². The SMILES string of the molecule is CC1(C)N([O])C(c2ccc(COc3ccc(C4=[N+]([O-])C(C)(C)C(C)(C)N4[O])cc3C3=[N+]([O-])C(C)(C)C(C)(C)N3[O])cc2)=[N+]([O-])C1(C)C. The summed E-state index contributed by atoms with van der Waals surface area (Å²) in [5.41, 5.74) is -4.77. The molecular weight excluding hydrogens is 604 g/mol. The zero-order chi connectivity index (χ0) is 35.4. The lowest BCUT2D eigenvalue weighted by Gasteiger charge is -2.32. The van der Waals surface area contributed by atoms with Crippen molar-refractivity contribution in [2.45, 2.75) is 123 Å². The minimum atomic E-state index is -1.13. The first-order chi connectivity index (χ1) is 21.4. The monoisotopic (exact) mass is 649 g/mol. The van der Waals surface area contributed by atoms with Crippen molar-refractivity contribution in [3.05, 3.63) is 80.3 Å². The summed E-state index contributed by atoms with van der Waals surface area (Å²) in [6.45, 7) is 20.4. The van der Waals surface area contributed by atoms with Crippen LogP contribution in [0.25, 0.3) is 0 Å². The molecule has 13 heteroatoms. The van der Waals surface area contributed by atoms with E-state index in [1.807, 2.05) is 0 Å². The first-order valence-electron chi connectivity index (χ1n) is 15.7. The van der Waals surface area contributed by atoms with E-state index in [4.69, 9.17) is 4.74 Å². The second-order valence-electron chi connectivity index (χ2n) is 15.8. The van der Waals surface area contributed by atoms with Gasteiger partial charge in [0.1, 0.15) is 34.5 Å². The molecule has 3 heterocycles. The van der Waals surface area contributed by atoms with E-state index in [1.165, 1.54) is 6.07 Å². The Balaban J connectivity index is 1.54. The third kappa shape index (κ3) is 4.42. The van der Waals surface area contributed by atoms with E-state index in [-0.39, 0.29) is 41.0 Å². The van der Waals surface area contributed by atoms with Gasteiger partial charge in [-0.15, -0.1) is 0 Å². The van der Waals surface area contributed by atoms with Crippen LogP contribution in [0.15, 0.2) is 42.5 Å². The maximum Gasteiger partial charge on any atom is 0.320 e. The minimum absolute atomic E-state index is 0.0108. The Morgan fingerprint density at radius 1 is 0.553 bits per heavy atom. The molecule has 0 bridgehead atoms. The van der Waals surface area contributed by atoms with Gasteiger partial charge in [0.25, 0.3) is 0 Å². The zero-order valence-corrected chi connectivity index (χ0v) is 29.3. The van der Waals surface area contributed by atoms with E-state index in [2.05, 4.69) is 0 Å². The van der Waals surface area contributed by atoms with Crippen LogP contribution in [0, 0.1) is 15.6 Å². The standard InChI is InChI=1S/C34H45N6O7/c1-29(2)30(3,4)36(42)26(35(29)41)22-15-13-21(14-16-22)20-47-25-18-17-23(27-37(43)31(5,6)32(7,8)38(27)44)19-24(25)28-39(45)33(9,10)34(11,12)40(28)46/h13-19H,20H2,1-12H3. The molecule has 0 unspecified atom stereocenters. The van der Waals surface area contributed by atoms with Crippen LogP contribution in [0.4, 0.5) is 0 Å². The van der Waals surface area contributed by atoms with Gasteiger partial charge in [0.05, 0.1) is 11.1 Å². The molecule has 0 saturated carbocycles. The number of benzene rings is 2. The predicted molar refractivity (Wildman–Crippen MR) is 172 cm³/mol. The smallest absolute Gasteiger partial charge is 0.320 e. The van der Waals surface area contributed by atoms with Gasteiger partial charge in [-0.05, 0) is 119 Å². The summed E-state index contributed by atoms with van der Waals surface area (Å²) in [6.07, 6.45) is 0. The fourth-order valence-electron chi connectivity index (χ4n) is 5.90. The Bertz CT molecular complexity index is 1720. The van der Waals surface area contributed by atoms with Crippen LogP contribution in [-0.2, 0) is 22.2 Å². The van der Waals surface area contributed by atoms with Gasteiger partial charge in [0.2, 0.25) is 0 Å². The molecule has 0 aliphatic carbocycles. The summed E-state index contributed by atoms with van der Waals surface area (Å²) in [6, 6.07) is 11.4. The Hall–Kier alpha value is -4.07. The van der Waals surface area contributed by atoms with Crippen LogP contribution in [-0.4, -0.2) is 80.1 Å². The van der Waals surface area contributed by atoms with E-state index in [9.17, 15) is 31.2 Å². The molecule has 47 heavy (non-hydrogen) atoms. The molecule has 3 aliphatic rings. The van der Waals surface area contributed by atoms with E-state index in [0.717, 1.165) is 9.80 Å². The highest BCUT2D eigenvalue weighted by atomic mass is 16.6. The normalized spacial score (nSPS) is 23.8. The molecule has 0 N–H and O–H groups in total. The van der Waals surface area contributed by atoms with Crippen LogP contribution in [0.2, 0.25) is 0 Å². The van der Waals surface area contributed by atoms with E-state index < -0.39 is 33.2 Å². The van der Waals surface area contributed by atoms with Gasteiger partial charge in [-0.3, -0.25) is 14.2 Å². The fourth-order valence-corrected chi connectivity index (χ4v) is 5.90. The predicted octanol–water partition coefficient (Wildman–Crippen LogP) is 4.69. The van der Waals surface area contributed by atoms with E-state index >= 15 is 0 Å².